The molecular weight excluding hydrogens is 390 g/mol. The second-order valence-corrected chi connectivity index (χ2v) is 6.28. The number of nitrogens with zero attached hydrogens (tertiary/aromatic N) is 2. The van der Waals surface area contributed by atoms with Crippen LogP contribution in [0, 0.1) is 11.6 Å². The summed E-state index contributed by atoms with van der Waals surface area (Å²) in [4.78, 5) is 11.9. The van der Waals surface area contributed by atoms with Crippen LogP contribution in [0.15, 0.2) is 48.7 Å². The van der Waals surface area contributed by atoms with E-state index in [-0.39, 0.29) is 29.8 Å². The number of benzene rings is 2. The van der Waals surface area contributed by atoms with Crippen LogP contribution < -0.4 is 10.6 Å². The Kier molecular flexibility index (Phi) is 6.23. The van der Waals surface area contributed by atoms with Crippen LogP contribution in [0.4, 0.5) is 14.5 Å². The molecule has 1 amide bonds. The molecule has 2 aromatic carbocycles. The third-order valence-electron chi connectivity index (χ3n) is 3.89. The van der Waals surface area contributed by atoms with Gasteiger partial charge in [-0.25, -0.2) is 13.5 Å². The van der Waals surface area contributed by atoms with E-state index >= 15 is 0 Å². The fraction of sp³-hybridized carbons (Fsp3) is 0.158. The monoisotopic (exact) mass is 406 g/mol. The van der Waals surface area contributed by atoms with E-state index in [1.54, 1.807) is 30.5 Å². The largest absolute Gasteiger partial charge is 0.395 e. The van der Waals surface area contributed by atoms with Crippen LogP contribution in [-0.2, 0) is 6.54 Å². The summed E-state index contributed by atoms with van der Waals surface area (Å²) in [6, 6.07) is 9.85. The zero-order valence-corrected chi connectivity index (χ0v) is 15.4. The molecule has 0 saturated heterocycles. The van der Waals surface area contributed by atoms with E-state index < -0.39 is 11.6 Å². The first-order chi connectivity index (χ1) is 13.5. The summed E-state index contributed by atoms with van der Waals surface area (Å²) < 4.78 is 28.2. The molecule has 0 atom stereocenters. The second-order valence-electron chi connectivity index (χ2n) is 5.88. The predicted octanol–water partition coefficient (Wildman–Crippen LogP) is 3.14. The molecular formula is C19H17ClF2N4O2. The molecule has 0 unspecified atom stereocenters. The maximum Gasteiger partial charge on any atom is 0.252 e. The number of aromatic nitrogens is 2. The number of aliphatic hydroxyl groups is 1. The Balaban J connectivity index is 1.65. The van der Waals surface area contributed by atoms with Crippen molar-refractivity contribution in [2.75, 3.05) is 18.5 Å². The SMILES string of the molecule is O=C(NCCO)c1ccc(NCc2ccn(-c3ccc(F)cc3F)n2)cc1Cl. The Bertz CT molecular complexity index is 994. The highest BCUT2D eigenvalue weighted by atomic mass is 35.5. The van der Waals surface area contributed by atoms with Crippen LogP contribution in [0.2, 0.25) is 5.02 Å². The molecule has 0 radical (unpaired) electrons. The highest BCUT2D eigenvalue weighted by Crippen LogP contribution is 2.21. The van der Waals surface area contributed by atoms with E-state index in [1.165, 1.54) is 10.7 Å². The van der Waals surface area contributed by atoms with Crippen LogP contribution in [0.3, 0.4) is 0 Å². The van der Waals surface area contributed by atoms with Crippen molar-refractivity contribution in [2.45, 2.75) is 6.54 Å². The Morgan fingerprint density at radius 2 is 2.00 bits per heavy atom. The van der Waals surface area contributed by atoms with Crippen LogP contribution in [0.5, 0.6) is 0 Å². The van der Waals surface area contributed by atoms with Crippen molar-refractivity contribution in [3.8, 4) is 5.69 Å². The third kappa shape index (κ3) is 4.65. The van der Waals surface area contributed by atoms with Gasteiger partial charge in [0.2, 0.25) is 0 Å². The lowest BCUT2D eigenvalue weighted by Gasteiger charge is -2.09. The number of carbonyl (C=O) groups excluding carboxylic acids is 1. The normalized spacial score (nSPS) is 10.7. The van der Waals surface area contributed by atoms with Gasteiger partial charge in [-0.3, -0.25) is 4.79 Å². The molecule has 6 nitrogen and oxygen atoms in total. The molecule has 0 aliphatic carbocycles. The number of carbonyl (C=O) groups is 1. The van der Waals surface area contributed by atoms with Crippen LogP contribution in [0.1, 0.15) is 16.1 Å². The van der Waals surface area contributed by atoms with E-state index in [0.29, 0.717) is 23.5 Å². The summed E-state index contributed by atoms with van der Waals surface area (Å²) in [5, 5.41) is 18.9. The predicted molar refractivity (Wildman–Crippen MR) is 102 cm³/mol. The van der Waals surface area contributed by atoms with E-state index in [4.69, 9.17) is 16.7 Å². The van der Waals surface area contributed by atoms with E-state index in [0.717, 1.165) is 12.1 Å². The number of hydrogen-bond donors (Lipinski definition) is 3. The Morgan fingerprint density at radius 3 is 2.71 bits per heavy atom. The van der Waals surface area contributed by atoms with Crippen molar-refractivity contribution in [1.82, 2.24) is 15.1 Å². The highest BCUT2D eigenvalue weighted by molar-refractivity contribution is 6.34. The minimum absolute atomic E-state index is 0.145. The molecule has 0 aliphatic heterocycles. The number of nitrogens with one attached hydrogen (secondary N) is 2. The lowest BCUT2D eigenvalue weighted by Crippen LogP contribution is -2.26. The molecule has 0 spiro atoms. The summed E-state index contributed by atoms with van der Waals surface area (Å²) in [6.45, 7) is 0.326. The first-order valence-corrected chi connectivity index (χ1v) is 8.78. The highest BCUT2D eigenvalue weighted by Gasteiger charge is 2.11. The summed E-state index contributed by atoms with van der Waals surface area (Å²) >= 11 is 6.14. The smallest absolute Gasteiger partial charge is 0.252 e. The van der Waals surface area contributed by atoms with Crippen molar-refractivity contribution >= 4 is 23.2 Å². The Labute approximate surface area is 164 Å². The van der Waals surface area contributed by atoms with Gasteiger partial charge in [-0.05, 0) is 36.4 Å². The van der Waals surface area contributed by atoms with Gasteiger partial charge in [-0.2, -0.15) is 5.10 Å². The van der Waals surface area contributed by atoms with Gasteiger partial charge in [0.05, 0.1) is 29.4 Å². The van der Waals surface area contributed by atoms with Crippen LogP contribution in [-0.4, -0.2) is 33.9 Å². The molecule has 0 bridgehead atoms. The van der Waals surface area contributed by atoms with Crippen molar-refractivity contribution in [1.29, 1.82) is 0 Å². The van der Waals surface area contributed by atoms with Gasteiger partial charge in [0.1, 0.15) is 11.5 Å². The van der Waals surface area contributed by atoms with Crippen molar-refractivity contribution in [3.63, 3.8) is 0 Å². The quantitative estimate of drug-likeness (QED) is 0.563. The standard InChI is InChI=1S/C19H17ClF2N4O2/c20-16-10-13(2-3-15(16)19(28)23-6-8-27)24-11-14-5-7-26(25-14)18-4-1-12(21)9-17(18)22/h1-5,7,9-10,24,27H,6,8,11H2,(H,23,28). The average Bonchev–Trinajstić information content (AvgIpc) is 3.13. The Hall–Kier alpha value is -2.97. The molecule has 9 heteroatoms. The van der Waals surface area contributed by atoms with Gasteiger partial charge in [0, 0.05) is 24.5 Å². The molecule has 1 aromatic heterocycles. The van der Waals surface area contributed by atoms with Crippen LogP contribution >= 0.6 is 11.6 Å². The maximum atomic E-state index is 13.8. The summed E-state index contributed by atoms with van der Waals surface area (Å²) in [5.41, 5.74) is 1.75. The van der Waals surface area contributed by atoms with Gasteiger partial charge in [-0.15, -0.1) is 0 Å². The zero-order chi connectivity index (χ0) is 20.1. The van der Waals surface area contributed by atoms with Crippen molar-refractivity contribution in [2.24, 2.45) is 0 Å². The lowest BCUT2D eigenvalue weighted by molar-refractivity contribution is 0.0945. The van der Waals surface area contributed by atoms with E-state index in [2.05, 4.69) is 15.7 Å². The van der Waals surface area contributed by atoms with Gasteiger partial charge >= 0.3 is 0 Å². The molecule has 0 saturated carbocycles. The molecule has 28 heavy (non-hydrogen) atoms. The number of hydrogen-bond acceptors (Lipinski definition) is 4. The number of rotatable bonds is 7. The first kappa shape index (κ1) is 19.8. The number of amides is 1. The minimum Gasteiger partial charge on any atom is -0.395 e. The van der Waals surface area contributed by atoms with Crippen LogP contribution in [0.25, 0.3) is 5.69 Å². The molecule has 146 valence electrons. The molecule has 3 N–H and O–H groups in total. The molecule has 0 fully saturated rings. The number of halogens is 3. The van der Waals surface area contributed by atoms with E-state index in [1.807, 2.05) is 0 Å². The second kappa shape index (κ2) is 8.81. The number of aliphatic hydroxyl groups excluding tert-OH is 1. The lowest BCUT2D eigenvalue weighted by atomic mass is 10.2. The molecule has 0 aliphatic rings. The fourth-order valence-electron chi connectivity index (χ4n) is 2.52. The van der Waals surface area contributed by atoms with Gasteiger partial charge < -0.3 is 15.7 Å². The van der Waals surface area contributed by atoms with Crippen molar-refractivity contribution < 1.29 is 18.7 Å². The maximum absolute atomic E-state index is 13.8. The summed E-state index contributed by atoms with van der Waals surface area (Å²) in [7, 11) is 0. The summed E-state index contributed by atoms with van der Waals surface area (Å²) in [6.07, 6.45) is 1.58. The van der Waals surface area contributed by atoms with Crippen molar-refractivity contribution in [3.05, 3.63) is 76.6 Å². The van der Waals surface area contributed by atoms with E-state index in [9.17, 15) is 13.6 Å². The molecule has 1 heterocycles. The molecule has 3 rings (SSSR count). The fourth-order valence-corrected chi connectivity index (χ4v) is 2.79. The van der Waals surface area contributed by atoms with Gasteiger partial charge in [0.15, 0.2) is 5.82 Å². The average molecular weight is 407 g/mol. The molecule has 3 aromatic rings. The number of anilines is 1. The topological polar surface area (TPSA) is 79.2 Å². The first-order valence-electron chi connectivity index (χ1n) is 8.40. The van der Waals surface area contributed by atoms with Gasteiger partial charge in [0.25, 0.3) is 5.91 Å². The summed E-state index contributed by atoms with van der Waals surface area (Å²) in [5.74, 6) is -1.73. The zero-order valence-electron chi connectivity index (χ0n) is 14.6. The minimum atomic E-state index is -0.704. The Morgan fingerprint density at radius 1 is 1.18 bits per heavy atom. The third-order valence-corrected chi connectivity index (χ3v) is 4.20. The van der Waals surface area contributed by atoms with Gasteiger partial charge in [-0.1, -0.05) is 11.6 Å².